The summed E-state index contributed by atoms with van der Waals surface area (Å²) >= 11 is 5.27. The Bertz CT molecular complexity index is 398. The van der Waals surface area contributed by atoms with Crippen LogP contribution in [0.3, 0.4) is 0 Å². The van der Waals surface area contributed by atoms with E-state index in [1.54, 1.807) is 6.20 Å². The quantitative estimate of drug-likeness (QED) is 0.589. The molecule has 0 amide bonds. The Morgan fingerprint density at radius 1 is 1.42 bits per heavy atom. The molecule has 0 aliphatic carbocycles. The molecule has 0 spiro atoms. The van der Waals surface area contributed by atoms with E-state index in [0.717, 1.165) is 44.0 Å². The van der Waals surface area contributed by atoms with Crippen molar-refractivity contribution in [3.05, 3.63) is 11.9 Å². The summed E-state index contributed by atoms with van der Waals surface area (Å²) in [6.07, 6.45) is 2.88. The average molecular weight is 283 g/mol. The van der Waals surface area contributed by atoms with E-state index in [4.69, 9.17) is 12.2 Å². The lowest BCUT2D eigenvalue weighted by Gasteiger charge is -2.18. The predicted molar refractivity (Wildman–Crippen MR) is 84.6 cm³/mol. The van der Waals surface area contributed by atoms with Crippen LogP contribution < -0.4 is 10.6 Å². The van der Waals surface area contributed by atoms with Gasteiger partial charge in [0, 0.05) is 13.6 Å². The van der Waals surface area contributed by atoms with Crippen LogP contribution in [0, 0.1) is 6.92 Å². The maximum atomic E-state index is 5.27. The van der Waals surface area contributed by atoms with E-state index >= 15 is 0 Å². The van der Waals surface area contributed by atoms with Crippen LogP contribution in [0.15, 0.2) is 6.20 Å². The van der Waals surface area contributed by atoms with Crippen molar-refractivity contribution in [2.45, 2.75) is 27.2 Å². The number of thiocarbonyl (C=S) groups is 1. The molecule has 1 heterocycles. The molecule has 0 aromatic carbocycles. The van der Waals surface area contributed by atoms with Gasteiger partial charge in [0.15, 0.2) is 5.11 Å². The van der Waals surface area contributed by atoms with Gasteiger partial charge in [-0.15, -0.1) is 0 Å². The molecular formula is C13H25N5S. The lowest BCUT2D eigenvalue weighted by Crippen LogP contribution is -2.32. The SMILES string of the molecule is CCN(CC)CCCNC(=S)Nc1cnn(C)c1C. The first-order valence-corrected chi connectivity index (χ1v) is 7.25. The first-order chi connectivity index (χ1) is 9.08. The van der Waals surface area contributed by atoms with Crippen LogP contribution in [0.4, 0.5) is 5.69 Å². The first kappa shape index (κ1) is 15.9. The van der Waals surface area contributed by atoms with E-state index < -0.39 is 0 Å². The number of hydrogen-bond donors (Lipinski definition) is 2. The number of nitrogens with zero attached hydrogens (tertiary/aromatic N) is 3. The molecular weight excluding hydrogens is 258 g/mol. The zero-order chi connectivity index (χ0) is 14.3. The lowest BCUT2D eigenvalue weighted by molar-refractivity contribution is 0.300. The van der Waals surface area contributed by atoms with Crippen molar-refractivity contribution in [3.63, 3.8) is 0 Å². The third kappa shape index (κ3) is 5.16. The molecule has 0 saturated heterocycles. The van der Waals surface area contributed by atoms with Gasteiger partial charge >= 0.3 is 0 Å². The minimum atomic E-state index is 0.663. The van der Waals surface area contributed by atoms with Crippen LogP contribution >= 0.6 is 12.2 Å². The fraction of sp³-hybridized carbons (Fsp3) is 0.692. The molecule has 0 aliphatic rings. The highest BCUT2D eigenvalue weighted by Gasteiger charge is 2.05. The number of aryl methyl sites for hydroxylation is 1. The van der Waals surface area contributed by atoms with Gasteiger partial charge in [-0.2, -0.15) is 5.10 Å². The van der Waals surface area contributed by atoms with Gasteiger partial charge in [-0.25, -0.2) is 0 Å². The molecule has 5 nitrogen and oxygen atoms in total. The molecule has 1 rings (SSSR count). The summed E-state index contributed by atoms with van der Waals surface area (Å²) in [6.45, 7) is 10.6. The summed E-state index contributed by atoms with van der Waals surface area (Å²) in [5.74, 6) is 0. The van der Waals surface area contributed by atoms with Crippen molar-refractivity contribution < 1.29 is 0 Å². The van der Waals surface area contributed by atoms with Crippen LogP contribution in [0.2, 0.25) is 0 Å². The van der Waals surface area contributed by atoms with Crippen molar-refractivity contribution in [2.24, 2.45) is 7.05 Å². The van der Waals surface area contributed by atoms with E-state index in [0.29, 0.717) is 5.11 Å². The summed E-state index contributed by atoms with van der Waals surface area (Å²) < 4.78 is 1.82. The number of anilines is 1. The van der Waals surface area contributed by atoms with Gasteiger partial charge in [0.2, 0.25) is 0 Å². The van der Waals surface area contributed by atoms with E-state index in [1.807, 2.05) is 18.7 Å². The van der Waals surface area contributed by atoms with Crippen molar-refractivity contribution >= 4 is 23.0 Å². The highest BCUT2D eigenvalue weighted by molar-refractivity contribution is 7.80. The Morgan fingerprint density at radius 3 is 2.63 bits per heavy atom. The molecule has 1 aromatic rings. The van der Waals surface area contributed by atoms with Gasteiger partial charge in [-0.05, 0) is 45.2 Å². The zero-order valence-corrected chi connectivity index (χ0v) is 13.2. The normalized spacial score (nSPS) is 10.8. The smallest absolute Gasteiger partial charge is 0.170 e. The molecule has 6 heteroatoms. The number of rotatable bonds is 7. The van der Waals surface area contributed by atoms with Crippen LogP contribution in [0.5, 0.6) is 0 Å². The molecule has 0 bridgehead atoms. The average Bonchev–Trinajstić information content (AvgIpc) is 2.71. The fourth-order valence-corrected chi connectivity index (χ4v) is 2.04. The van der Waals surface area contributed by atoms with Crippen LogP contribution in [-0.4, -0.2) is 46.0 Å². The lowest BCUT2D eigenvalue weighted by atomic mass is 10.3. The molecule has 0 fully saturated rings. The topological polar surface area (TPSA) is 45.1 Å². The Kier molecular flexibility index (Phi) is 6.80. The zero-order valence-electron chi connectivity index (χ0n) is 12.4. The summed E-state index contributed by atoms with van der Waals surface area (Å²) in [5.41, 5.74) is 2.04. The summed E-state index contributed by atoms with van der Waals surface area (Å²) in [7, 11) is 1.92. The highest BCUT2D eigenvalue weighted by atomic mass is 32.1. The van der Waals surface area contributed by atoms with Crippen molar-refractivity contribution in [1.29, 1.82) is 0 Å². The highest BCUT2D eigenvalue weighted by Crippen LogP contribution is 2.11. The third-order valence-electron chi connectivity index (χ3n) is 3.31. The van der Waals surface area contributed by atoms with Crippen LogP contribution in [0.25, 0.3) is 0 Å². The molecule has 0 aliphatic heterocycles. The molecule has 2 N–H and O–H groups in total. The number of nitrogens with one attached hydrogen (secondary N) is 2. The molecule has 1 aromatic heterocycles. The fourth-order valence-electron chi connectivity index (χ4n) is 1.83. The van der Waals surface area contributed by atoms with E-state index in [1.165, 1.54) is 0 Å². The maximum absolute atomic E-state index is 5.27. The second-order valence-electron chi connectivity index (χ2n) is 4.53. The molecule has 0 atom stereocenters. The largest absolute Gasteiger partial charge is 0.362 e. The second kappa shape index (κ2) is 8.12. The van der Waals surface area contributed by atoms with Crippen LogP contribution in [-0.2, 0) is 7.05 Å². The van der Waals surface area contributed by atoms with Crippen LogP contribution in [0.1, 0.15) is 26.0 Å². The predicted octanol–water partition coefficient (Wildman–Crippen LogP) is 1.75. The summed E-state index contributed by atoms with van der Waals surface area (Å²) in [5, 5.41) is 11.2. The Morgan fingerprint density at radius 2 is 2.11 bits per heavy atom. The maximum Gasteiger partial charge on any atom is 0.170 e. The Balaban J connectivity index is 2.23. The minimum Gasteiger partial charge on any atom is -0.362 e. The van der Waals surface area contributed by atoms with E-state index in [2.05, 4.69) is 34.5 Å². The second-order valence-corrected chi connectivity index (χ2v) is 4.94. The van der Waals surface area contributed by atoms with Gasteiger partial charge in [0.05, 0.1) is 17.6 Å². The standard InChI is InChI=1S/C13H25N5S/c1-5-18(6-2)9-7-8-14-13(19)16-12-10-15-17(4)11(12)3/h10H,5-9H2,1-4H3,(H2,14,16,19). The minimum absolute atomic E-state index is 0.663. The third-order valence-corrected chi connectivity index (χ3v) is 3.56. The molecule has 19 heavy (non-hydrogen) atoms. The molecule has 0 radical (unpaired) electrons. The Labute approximate surface area is 121 Å². The number of hydrogen-bond acceptors (Lipinski definition) is 3. The van der Waals surface area contributed by atoms with E-state index in [-0.39, 0.29) is 0 Å². The van der Waals surface area contributed by atoms with Crippen molar-refractivity contribution in [1.82, 2.24) is 20.0 Å². The molecule has 0 unspecified atom stereocenters. The monoisotopic (exact) mass is 283 g/mol. The molecule has 108 valence electrons. The van der Waals surface area contributed by atoms with Gasteiger partial charge in [-0.1, -0.05) is 13.8 Å². The number of aromatic nitrogens is 2. The van der Waals surface area contributed by atoms with Crippen molar-refractivity contribution in [3.8, 4) is 0 Å². The Hall–Kier alpha value is -1.14. The summed E-state index contributed by atoms with van der Waals surface area (Å²) in [4.78, 5) is 2.41. The summed E-state index contributed by atoms with van der Waals surface area (Å²) in [6, 6.07) is 0. The van der Waals surface area contributed by atoms with Gasteiger partial charge in [0.25, 0.3) is 0 Å². The van der Waals surface area contributed by atoms with E-state index in [9.17, 15) is 0 Å². The van der Waals surface area contributed by atoms with Gasteiger partial charge in [-0.3, -0.25) is 4.68 Å². The van der Waals surface area contributed by atoms with Crippen molar-refractivity contribution in [2.75, 3.05) is 31.5 Å². The first-order valence-electron chi connectivity index (χ1n) is 6.84. The van der Waals surface area contributed by atoms with Gasteiger partial charge in [0.1, 0.15) is 0 Å². The molecule has 0 saturated carbocycles. The van der Waals surface area contributed by atoms with Gasteiger partial charge < -0.3 is 15.5 Å².